The number of unbranched alkanes of at least 4 members (excludes halogenated alkanes) is 10. The summed E-state index contributed by atoms with van der Waals surface area (Å²) in [6.07, 6.45) is 14.3. The van der Waals surface area contributed by atoms with Gasteiger partial charge in [0.25, 0.3) is 6.04 Å². The van der Waals surface area contributed by atoms with E-state index in [-0.39, 0.29) is 0 Å². The van der Waals surface area contributed by atoms with Crippen LogP contribution in [0.3, 0.4) is 0 Å². The molecule has 1 unspecified atom stereocenters. The van der Waals surface area contributed by atoms with Gasteiger partial charge in [-0.05, 0) is 19.3 Å². The SMILES string of the molecule is CCCCCCCCC#CCCCCCCC(C=O)[N+](=O)[O-]. The zero-order chi connectivity index (χ0) is 16.5. The lowest BCUT2D eigenvalue weighted by Crippen LogP contribution is -2.20. The van der Waals surface area contributed by atoms with Gasteiger partial charge in [0.2, 0.25) is 0 Å². The summed E-state index contributed by atoms with van der Waals surface area (Å²) < 4.78 is 0. The van der Waals surface area contributed by atoms with Crippen LogP contribution in [0.25, 0.3) is 0 Å². The summed E-state index contributed by atoms with van der Waals surface area (Å²) in [5, 5.41) is 10.5. The summed E-state index contributed by atoms with van der Waals surface area (Å²) in [6.45, 7) is 2.23. The van der Waals surface area contributed by atoms with E-state index in [1.54, 1.807) is 0 Å². The number of carbonyl (C=O) groups excluding carboxylic acids is 1. The van der Waals surface area contributed by atoms with Gasteiger partial charge in [-0.15, -0.1) is 11.8 Å². The van der Waals surface area contributed by atoms with Crippen LogP contribution in [0, 0.1) is 22.0 Å². The molecule has 0 heterocycles. The van der Waals surface area contributed by atoms with Crippen LogP contribution in [0.15, 0.2) is 0 Å². The number of nitrogens with zero attached hydrogens (tertiary/aromatic N) is 1. The normalized spacial score (nSPS) is 11.5. The van der Waals surface area contributed by atoms with Crippen LogP contribution >= 0.6 is 0 Å². The number of hydrogen-bond donors (Lipinski definition) is 0. The summed E-state index contributed by atoms with van der Waals surface area (Å²) in [6, 6.07) is -1.02. The van der Waals surface area contributed by atoms with E-state index in [4.69, 9.17) is 0 Å². The Bertz CT molecular complexity index is 344. The molecular formula is C18H31NO3. The van der Waals surface area contributed by atoms with Crippen molar-refractivity contribution in [1.29, 1.82) is 0 Å². The van der Waals surface area contributed by atoms with Gasteiger partial charge in [-0.3, -0.25) is 14.9 Å². The van der Waals surface area contributed by atoms with Crippen molar-refractivity contribution in [2.45, 2.75) is 96.4 Å². The minimum absolute atomic E-state index is 0.361. The lowest BCUT2D eigenvalue weighted by atomic mass is 10.1. The molecule has 0 rings (SSSR count). The van der Waals surface area contributed by atoms with Gasteiger partial charge in [0, 0.05) is 24.2 Å². The van der Waals surface area contributed by atoms with Gasteiger partial charge in [0.05, 0.1) is 0 Å². The number of nitro groups is 1. The molecule has 0 aliphatic heterocycles. The van der Waals surface area contributed by atoms with Crippen molar-refractivity contribution < 1.29 is 9.72 Å². The molecule has 0 aromatic carbocycles. The van der Waals surface area contributed by atoms with Gasteiger partial charge in [-0.25, -0.2) is 0 Å². The maximum atomic E-state index is 10.5. The lowest BCUT2D eigenvalue weighted by molar-refractivity contribution is -0.506. The van der Waals surface area contributed by atoms with Gasteiger partial charge >= 0.3 is 0 Å². The number of aldehydes is 1. The Morgan fingerprint density at radius 1 is 0.909 bits per heavy atom. The van der Waals surface area contributed by atoms with Crippen LogP contribution in [0.5, 0.6) is 0 Å². The second-order valence-electron chi connectivity index (χ2n) is 5.81. The molecule has 0 aromatic rings. The van der Waals surface area contributed by atoms with Crippen LogP contribution in [0.2, 0.25) is 0 Å². The number of carbonyl (C=O) groups is 1. The van der Waals surface area contributed by atoms with Crippen LogP contribution in [0.1, 0.15) is 90.4 Å². The molecule has 22 heavy (non-hydrogen) atoms. The first-order valence-corrected chi connectivity index (χ1v) is 8.76. The lowest BCUT2D eigenvalue weighted by Gasteiger charge is -2.01. The fourth-order valence-electron chi connectivity index (χ4n) is 2.31. The van der Waals surface area contributed by atoms with E-state index in [2.05, 4.69) is 18.8 Å². The maximum Gasteiger partial charge on any atom is 0.267 e. The molecule has 0 fully saturated rings. The highest BCUT2D eigenvalue weighted by molar-refractivity contribution is 5.55. The van der Waals surface area contributed by atoms with Gasteiger partial charge in [0.1, 0.15) is 0 Å². The van der Waals surface area contributed by atoms with Crippen molar-refractivity contribution in [3.8, 4) is 11.8 Å². The largest absolute Gasteiger partial charge is 0.296 e. The van der Waals surface area contributed by atoms with Crippen molar-refractivity contribution in [3.63, 3.8) is 0 Å². The van der Waals surface area contributed by atoms with Crippen molar-refractivity contribution in [3.05, 3.63) is 10.1 Å². The molecule has 0 bridgehead atoms. The van der Waals surface area contributed by atoms with E-state index in [9.17, 15) is 14.9 Å². The molecule has 1 atom stereocenters. The first-order valence-electron chi connectivity index (χ1n) is 8.76. The van der Waals surface area contributed by atoms with E-state index in [0.29, 0.717) is 12.7 Å². The fourth-order valence-corrected chi connectivity index (χ4v) is 2.31. The predicted octanol–water partition coefficient (Wildman–Crippen LogP) is 4.93. The topological polar surface area (TPSA) is 60.2 Å². The summed E-state index contributed by atoms with van der Waals surface area (Å²) in [4.78, 5) is 20.4. The second-order valence-corrected chi connectivity index (χ2v) is 5.81. The van der Waals surface area contributed by atoms with Gasteiger partial charge in [-0.1, -0.05) is 51.9 Å². The van der Waals surface area contributed by atoms with Gasteiger partial charge in [0.15, 0.2) is 6.29 Å². The summed E-state index contributed by atoms with van der Waals surface area (Å²) in [5.41, 5.74) is 0. The third kappa shape index (κ3) is 13.6. The average molecular weight is 309 g/mol. The van der Waals surface area contributed by atoms with Crippen molar-refractivity contribution >= 4 is 6.29 Å². The molecule has 0 aliphatic rings. The number of hydrogen-bond acceptors (Lipinski definition) is 3. The highest BCUT2D eigenvalue weighted by atomic mass is 16.6. The molecule has 0 aliphatic carbocycles. The highest BCUT2D eigenvalue weighted by Crippen LogP contribution is 2.08. The molecule has 126 valence electrons. The molecular weight excluding hydrogens is 278 g/mol. The minimum Gasteiger partial charge on any atom is -0.296 e. The quantitative estimate of drug-likeness (QED) is 0.150. The zero-order valence-corrected chi connectivity index (χ0v) is 14.0. The van der Waals surface area contributed by atoms with Crippen LogP contribution in [0.4, 0.5) is 0 Å². The predicted molar refractivity (Wildman–Crippen MR) is 90.3 cm³/mol. The smallest absolute Gasteiger partial charge is 0.267 e. The molecule has 0 amide bonds. The summed E-state index contributed by atoms with van der Waals surface area (Å²) in [5.74, 6) is 6.43. The average Bonchev–Trinajstić information content (AvgIpc) is 2.51. The van der Waals surface area contributed by atoms with E-state index in [0.717, 1.165) is 38.5 Å². The van der Waals surface area contributed by atoms with Crippen LogP contribution in [-0.2, 0) is 4.79 Å². The van der Waals surface area contributed by atoms with E-state index < -0.39 is 11.0 Å². The molecule has 0 saturated carbocycles. The molecule has 0 aromatic heterocycles. The van der Waals surface area contributed by atoms with Crippen molar-refractivity contribution in [1.82, 2.24) is 0 Å². The summed E-state index contributed by atoms with van der Waals surface area (Å²) in [7, 11) is 0. The standard InChI is InChI=1S/C18H31NO3/c1-2-3-4-5-6-7-8-9-10-11-12-13-14-15-16-18(17-20)19(21)22/h17-18H,2-8,11-16H2,1H3. The van der Waals surface area contributed by atoms with E-state index >= 15 is 0 Å². The Hall–Kier alpha value is -1.37. The molecule has 0 spiro atoms. The van der Waals surface area contributed by atoms with E-state index in [1.165, 1.54) is 38.5 Å². The van der Waals surface area contributed by atoms with Crippen molar-refractivity contribution in [2.24, 2.45) is 0 Å². The molecule has 0 N–H and O–H groups in total. The Morgan fingerprint density at radius 2 is 1.41 bits per heavy atom. The van der Waals surface area contributed by atoms with Crippen LogP contribution in [-0.4, -0.2) is 17.3 Å². The first-order chi connectivity index (χ1) is 10.7. The van der Waals surface area contributed by atoms with Crippen LogP contribution < -0.4 is 0 Å². The Labute approximate surface area is 135 Å². The van der Waals surface area contributed by atoms with Gasteiger partial charge < -0.3 is 0 Å². The first kappa shape index (κ1) is 20.6. The monoisotopic (exact) mass is 309 g/mol. The fraction of sp³-hybridized carbons (Fsp3) is 0.833. The number of rotatable bonds is 14. The third-order valence-corrected chi connectivity index (χ3v) is 3.76. The molecule has 0 radical (unpaired) electrons. The third-order valence-electron chi connectivity index (χ3n) is 3.76. The Balaban J connectivity index is 3.31. The van der Waals surface area contributed by atoms with Gasteiger partial charge in [-0.2, -0.15) is 0 Å². The molecule has 0 saturated heterocycles. The molecule has 4 nitrogen and oxygen atoms in total. The zero-order valence-electron chi connectivity index (χ0n) is 14.0. The Morgan fingerprint density at radius 3 is 1.91 bits per heavy atom. The molecule has 4 heteroatoms. The maximum absolute atomic E-state index is 10.5. The van der Waals surface area contributed by atoms with Crippen molar-refractivity contribution in [2.75, 3.05) is 0 Å². The Kier molecular flexibility index (Phi) is 15.0. The highest BCUT2D eigenvalue weighted by Gasteiger charge is 2.17. The second kappa shape index (κ2) is 16.0. The summed E-state index contributed by atoms with van der Waals surface area (Å²) >= 11 is 0. The van der Waals surface area contributed by atoms with E-state index in [1.807, 2.05) is 0 Å². The minimum atomic E-state index is -1.02.